The van der Waals surface area contributed by atoms with Crippen LogP contribution in [0.5, 0.6) is 0 Å². The highest BCUT2D eigenvalue weighted by molar-refractivity contribution is 6.31. The Kier molecular flexibility index (Phi) is 7.66. The van der Waals surface area contributed by atoms with Crippen LogP contribution in [0.15, 0.2) is 66.7 Å². The van der Waals surface area contributed by atoms with Crippen LogP contribution in [0.4, 0.5) is 0 Å². The molecule has 3 aromatic carbocycles. The minimum absolute atomic E-state index is 0.0445. The average Bonchev–Trinajstić information content (AvgIpc) is 3.34. The van der Waals surface area contributed by atoms with Crippen molar-refractivity contribution in [3.05, 3.63) is 82.9 Å². The van der Waals surface area contributed by atoms with Crippen molar-refractivity contribution in [2.45, 2.75) is 64.1 Å². The molecule has 0 bridgehead atoms. The quantitative estimate of drug-likeness (QED) is 0.453. The van der Waals surface area contributed by atoms with E-state index in [0.29, 0.717) is 24.4 Å². The van der Waals surface area contributed by atoms with E-state index in [4.69, 9.17) is 11.6 Å². The van der Waals surface area contributed by atoms with Gasteiger partial charge in [-0.3, -0.25) is 9.59 Å². The number of nitrogens with zero attached hydrogens (tertiary/aromatic N) is 1. The highest BCUT2D eigenvalue weighted by Crippen LogP contribution is 2.23. The Morgan fingerprint density at radius 1 is 0.970 bits per heavy atom. The molecular weight excluding hydrogens is 432 g/mol. The molecule has 0 heterocycles. The molecule has 1 fully saturated rings. The van der Waals surface area contributed by atoms with Gasteiger partial charge in [0.05, 0.1) is 0 Å². The summed E-state index contributed by atoms with van der Waals surface area (Å²) in [5.41, 5.74) is 1.99. The zero-order valence-electron chi connectivity index (χ0n) is 19.1. The Morgan fingerprint density at radius 2 is 1.64 bits per heavy atom. The molecule has 3 aromatic rings. The topological polar surface area (TPSA) is 49.4 Å². The van der Waals surface area contributed by atoms with Crippen LogP contribution in [0.2, 0.25) is 5.02 Å². The molecule has 33 heavy (non-hydrogen) atoms. The second-order valence-corrected chi connectivity index (χ2v) is 9.32. The maximum atomic E-state index is 13.5. The van der Waals surface area contributed by atoms with Crippen LogP contribution >= 0.6 is 11.6 Å². The van der Waals surface area contributed by atoms with E-state index in [9.17, 15) is 9.59 Å². The van der Waals surface area contributed by atoms with Crippen LogP contribution in [0.25, 0.3) is 10.8 Å². The van der Waals surface area contributed by atoms with Crippen LogP contribution in [-0.2, 0) is 22.6 Å². The molecule has 4 rings (SSSR count). The number of fused-ring (bicyclic) bond motifs is 1. The predicted molar refractivity (Wildman–Crippen MR) is 134 cm³/mol. The Hall–Kier alpha value is -2.85. The van der Waals surface area contributed by atoms with Crippen molar-refractivity contribution < 1.29 is 9.59 Å². The van der Waals surface area contributed by atoms with Crippen molar-refractivity contribution in [3.8, 4) is 0 Å². The first kappa shape index (κ1) is 23.3. The number of amides is 2. The van der Waals surface area contributed by atoms with Gasteiger partial charge in [0.15, 0.2) is 0 Å². The lowest BCUT2D eigenvalue weighted by atomic mass is 10.0. The largest absolute Gasteiger partial charge is 0.352 e. The van der Waals surface area contributed by atoms with E-state index in [-0.39, 0.29) is 17.9 Å². The van der Waals surface area contributed by atoms with Crippen LogP contribution in [0, 0.1) is 0 Å². The summed E-state index contributed by atoms with van der Waals surface area (Å²) in [4.78, 5) is 28.2. The fourth-order valence-electron chi connectivity index (χ4n) is 4.68. The van der Waals surface area contributed by atoms with E-state index in [1.165, 1.54) is 5.39 Å². The third-order valence-corrected chi connectivity index (χ3v) is 7.02. The number of aryl methyl sites for hydroxylation is 1. The standard InChI is InChI=1S/C28H31ClN2O2/c1-20(28(33)30-24-13-4-5-14-24)31(19-23-10-3-7-16-26(23)29)27(32)18-17-22-12-8-11-21-9-2-6-15-25(21)22/h2-3,6-12,15-16,20,24H,4-5,13-14,17-19H2,1H3,(H,30,33)/t20-/m0/s1. The van der Waals surface area contributed by atoms with Crippen LogP contribution in [-0.4, -0.2) is 28.8 Å². The number of rotatable bonds is 8. The van der Waals surface area contributed by atoms with E-state index >= 15 is 0 Å². The Morgan fingerprint density at radius 3 is 2.42 bits per heavy atom. The first-order valence-electron chi connectivity index (χ1n) is 11.8. The van der Waals surface area contributed by atoms with E-state index in [2.05, 4.69) is 29.6 Å². The van der Waals surface area contributed by atoms with E-state index in [1.54, 1.807) is 4.90 Å². The van der Waals surface area contributed by atoms with Crippen LogP contribution in [0.1, 0.15) is 50.2 Å². The highest BCUT2D eigenvalue weighted by Gasteiger charge is 2.28. The van der Waals surface area contributed by atoms with Crippen molar-refractivity contribution >= 4 is 34.2 Å². The number of halogens is 1. The molecule has 4 nitrogen and oxygen atoms in total. The summed E-state index contributed by atoms with van der Waals surface area (Å²) in [6, 6.07) is 21.6. The third-order valence-electron chi connectivity index (χ3n) is 6.66. The molecule has 0 aliphatic heterocycles. The molecule has 1 atom stereocenters. The molecule has 0 radical (unpaired) electrons. The minimum Gasteiger partial charge on any atom is -0.352 e. The zero-order valence-corrected chi connectivity index (χ0v) is 19.9. The van der Waals surface area contributed by atoms with Gasteiger partial charge in [-0.2, -0.15) is 0 Å². The second-order valence-electron chi connectivity index (χ2n) is 8.92. The number of carbonyl (C=O) groups excluding carboxylic acids is 2. The molecular formula is C28H31ClN2O2. The number of hydrogen-bond acceptors (Lipinski definition) is 2. The Bertz CT molecular complexity index is 1120. The Labute approximate surface area is 200 Å². The molecule has 1 aliphatic rings. The number of hydrogen-bond donors (Lipinski definition) is 1. The second kappa shape index (κ2) is 10.8. The predicted octanol–water partition coefficient (Wildman–Crippen LogP) is 5.90. The zero-order chi connectivity index (χ0) is 23.2. The van der Waals surface area contributed by atoms with Gasteiger partial charge in [-0.1, -0.05) is 85.1 Å². The lowest BCUT2D eigenvalue weighted by molar-refractivity contribution is -0.140. The highest BCUT2D eigenvalue weighted by atomic mass is 35.5. The summed E-state index contributed by atoms with van der Waals surface area (Å²) in [5, 5.41) is 6.08. The summed E-state index contributed by atoms with van der Waals surface area (Å²) in [5.74, 6) is -0.135. The fraction of sp³-hybridized carbons (Fsp3) is 0.357. The maximum absolute atomic E-state index is 13.5. The van der Waals surface area contributed by atoms with E-state index in [0.717, 1.165) is 42.2 Å². The van der Waals surface area contributed by atoms with Gasteiger partial charge >= 0.3 is 0 Å². The summed E-state index contributed by atoms with van der Waals surface area (Å²) in [6.45, 7) is 2.13. The Balaban J connectivity index is 1.51. The molecule has 0 aromatic heterocycles. The molecule has 172 valence electrons. The molecule has 1 N–H and O–H groups in total. The van der Waals surface area contributed by atoms with Gasteiger partial charge in [0.25, 0.3) is 0 Å². The summed E-state index contributed by atoms with van der Waals surface area (Å²) < 4.78 is 0. The van der Waals surface area contributed by atoms with Crippen LogP contribution < -0.4 is 5.32 Å². The number of carbonyl (C=O) groups is 2. The third kappa shape index (κ3) is 5.75. The lowest BCUT2D eigenvalue weighted by Crippen LogP contribution is -2.49. The number of benzene rings is 3. The molecule has 2 amide bonds. The molecule has 1 aliphatic carbocycles. The minimum atomic E-state index is -0.568. The average molecular weight is 463 g/mol. The van der Waals surface area contributed by atoms with E-state index in [1.807, 2.05) is 49.4 Å². The summed E-state index contributed by atoms with van der Waals surface area (Å²) in [6.07, 6.45) is 5.27. The molecule has 1 saturated carbocycles. The molecule has 5 heteroatoms. The maximum Gasteiger partial charge on any atom is 0.242 e. The van der Waals surface area contributed by atoms with Gasteiger partial charge in [0, 0.05) is 24.0 Å². The van der Waals surface area contributed by atoms with Crippen molar-refractivity contribution in [3.63, 3.8) is 0 Å². The summed E-state index contributed by atoms with van der Waals surface area (Å²) >= 11 is 6.39. The van der Waals surface area contributed by atoms with Gasteiger partial charge in [-0.05, 0) is 54.2 Å². The van der Waals surface area contributed by atoms with Gasteiger partial charge in [-0.25, -0.2) is 0 Å². The van der Waals surface area contributed by atoms with Gasteiger partial charge in [0.2, 0.25) is 11.8 Å². The number of nitrogens with one attached hydrogen (secondary N) is 1. The van der Waals surface area contributed by atoms with Crippen molar-refractivity contribution in [1.29, 1.82) is 0 Å². The van der Waals surface area contributed by atoms with Crippen molar-refractivity contribution in [2.75, 3.05) is 0 Å². The molecule has 0 saturated heterocycles. The normalized spacial score (nSPS) is 14.8. The van der Waals surface area contributed by atoms with E-state index < -0.39 is 6.04 Å². The van der Waals surface area contributed by atoms with Crippen molar-refractivity contribution in [1.82, 2.24) is 10.2 Å². The van der Waals surface area contributed by atoms with Crippen molar-refractivity contribution in [2.24, 2.45) is 0 Å². The molecule has 0 unspecified atom stereocenters. The summed E-state index contributed by atoms with van der Waals surface area (Å²) in [7, 11) is 0. The van der Waals surface area contributed by atoms with Gasteiger partial charge in [-0.15, -0.1) is 0 Å². The molecule has 0 spiro atoms. The SMILES string of the molecule is C[C@@H](C(=O)NC1CCCC1)N(Cc1ccccc1Cl)C(=O)CCc1cccc2ccccc12. The lowest BCUT2D eigenvalue weighted by Gasteiger charge is -2.30. The van der Waals surface area contributed by atoms with Gasteiger partial charge < -0.3 is 10.2 Å². The van der Waals surface area contributed by atoms with Gasteiger partial charge in [0.1, 0.15) is 6.04 Å². The fourth-order valence-corrected chi connectivity index (χ4v) is 4.88. The first-order valence-corrected chi connectivity index (χ1v) is 12.2. The van der Waals surface area contributed by atoms with Crippen LogP contribution in [0.3, 0.4) is 0 Å². The first-order chi connectivity index (χ1) is 16.0. The monoisotopic (exact) mass is 462 g/mol. The smallest absolute Gasteiger partial charge is 0.242 e.